The predicted octanol–water partition coefficient (Wildman–Crippen LogP) is 3.25. The summed E-state index contributed by atoms with van der Waals surface area (Å²) in [6, 6.07) is 11.8. The van der Waals surface area contributed by atoms with Gasteiger partial charge in [-0.2, -0.15) is 0 Å². The van der Waals surface area contributed by atoms with E-state index in [-0.39, 0.29) is 36.4 Å². The quantitative estimate of drug-likeness (QED) is 0.333. The highest BCUT2D eigenvalue weighted by atomic mass is 127. The molecule has 7 heteroatoms. The highest BCUT2D eigenvalue weighted by Gasteiger charge is 2.24. The van der Waals surface area contributed by atoms with Gasteiger partial charge in [-0.15, -0.1) is 24.0 Å². The Morgan fingerprint density at radius 1 is 1.21 bits per heavy atom. The van der Waals surface area contributed by atoms with Crippen LogP contribution in [-0.4, -0.2) is 67.5 Å². The Kier molecular flexibility index (Phi) is 11.6. The molecule has 29 heavy (non-hydrogen) atoms. The molecule has 1 fully saturated rings. The Labute approximate surface area is 193 Å². The van der Waals surface area contributed by atoms with Crippen LogP contribution in [-0.2, 0) is 4.79 Å². The third kappa shape index (κ3) is 8.50. The number of hydrogen-bond acceptors (Lipinski definition) is 3. The SMILES string of the molecule is CCC(C)NC(=NCC(=O)N(C)C)NC1CCN(C(C)c2ccccc2)CC1.I. The molecule has 1 saturated heterocycles. The molecule has 0 spiro atoms. The monoisotopic (exact) mass is 515 g/mol. The van der Waals surface area contributed by atoms with E-state index in [4.69, 9.17) is 0 Å². The average Bonchev–Trinajstić information content (AvgIpc) is 2.72. The van der Waals surface area contributed by atoms with E-state index in [0.717, 1.165) is 38.3 Å². The number of guanidine groups is 1. The summed E-state index contributed by atoms with van der Waals surface area (Å²) < 4.78 is 0. The van der Waals surface area contributed by atoms with Crippen LogP contribution in [0.1, 0.15) is 51.6 Å². The number of halogens is 1. The lowest BCUT2D eigenvalue weighted by atomic mass is 10.0. The molecule has 1 aliphatic heterocycles. The maximum absolute atomic E-state index is 11.9. The smallest absolute Gasteiger partial charge is 0.243 e. The fourth-order valence-corrected chi connectivity index (χ4v) is 3.32. The summed E-state index contributed by atoms with van der Waals surface area (Å²) in [6.07, 6.45) is 3.15. The molecule has 2 rings (SSSR count). The van der Waals surface area contributed by atoms with Crippen molar-refractivity contribution in [1.29, 1.82) is 0 Å². The Morgan fingerprint density at radius 2 is 1.83 bits per heavy atom. The number of amides is 1. The maximum atomic E-state index is 11.9. The van der Waals surface area contributed by atoms with E-state index < -0.39 is 0 Å². The second-order valence-electron chi connectivity index (χ2n) is 7.95. The molecule has 164 valence electrons. The first-order valence-corrected chi connectivity index (χ1v) is 10.5. The van der Waals surface area contributed by atoms with Crippen molar-refractivity contribution in [1.82, 2.24) is 20.4 Å². The van der Waals surface area contributed by atoms with E-state index in [0.29, 0.717) is 18.1 Å². The highest BCUT2D eigenvalue weighted by Crippen LogP contribution is 2.23. The number of carbonyl (C=O) groups is 1. The van der Waals surface area contributed by atoms with Gasteiger partial charge < -0.3 is 15.5 Å². The zero-order valence-electron chi connectivity index (χ0n) is 18.5. The van der Waals surface area contributed by atoms with Crippen molar-refractivity contribution < 1.29 is 4.79 Å². The number of carbonyl (C=O) groups excluding carboxylic acids is 1. The molecule has 0 aromatic heterocycles. The van der Waals surface area contributed by atoms with Crippen LogP contribution in [0.2, 0.25) is 0 Å². The number of nitrogens with zero attached hydrogens (tertiary/aromatic N) is 3. The minimum absolute atomic E-state index is 0. The number of likely N-dealkylation sites (tertiary alicyclic amines) is 1. The van der Waals surface area contributed by atoms with Crippen LogP contribution >= 0.6 is 24.0 Å². The second-order valence-corrected chi connectivity index (χ2v) is 7.95. The number of hydrogen-bond donors (Lipinski definition) is 2. The lowest BCUT2D eigenvalue weighted by Gasteiger charge is -2.37. The van der Waals surface area contributed by atoms with E-state index >= 15 is 0 Å². The normalized spacial score (nSPS) is 17.8. The Balaban J connectivity index is 0.00000420. The fraction of sp³-hybridized carbons (Fsp3) is 0.636. The zero-order valence-corrected chi connectivity index (χ0v) is 20.8. The molecule has 1 aromatic carbocycles. The molecule has 1 aromatic rings. The van der Waals surface area contributed by atoms with Gasteiger partial charge in [-0.3, -0.25) is 9.69 Å². The molecule has 1 heterocycles. The minimum atomic E-state index is 0. The lowest BCUT2D eigenvalue weighted by molar-refractivity contribution is -0.127. The molecule has 6 nitrogen and oxygen atoms in total. The van der Waals surface area contributed by atoms with Crippen LogP contribution in [0, 0.1) is 0 Å². The van der Waals surface area contributed by atoms with E-state index in [1.54, 1.807) is 19.0 Å². The van der Waals surface area contributed by atoms with E-state index in [1.165, 1.54) is 5.56 Å². The molecule has 0 aliphatic carbocycles. The second kappa shape index (κ2) is 13.1. The minimum Gasteiger partial charge on any atom is -0.354 e. The summed E-state index contributed by atoms with van der Waals surface area (Å²) in [5.41, 5.74) is 1.37. The van der Waals surface area contributed by atoms with Crippen LogP contribution in [0.25, 0.3) is 0 Å². The van der Waals surface area contributed by atoms with Crippen LogP contribution < -0.4 is 10.6 Å². The number of benzene rings is 1. The maximum Gasteiger partial charge on any atom is 0.243 e. The van der Waals surface area contributed by atoms with Crippen LogP contribution in [0.15, 0.2) is 35.3 Å². The number of likely N-dealkylation sites (N-methyl/N-ethyl adjacent to an activating group) is 1. The predicted molar refractivity (Wildman–Crippen MR) is 132 cm³/mol. The van der Waals surface area contributed by atoms with Gasteiger partial charge in [0.1, 0.15) is 6.54 Å². The summed E-state index contributed by atoms with van der Waals surface area (Å²) in [7, 11) is 3.52. The van der Waals surface area contributed by atoms with Crippen LogP contribution in [0.4, 0.5) is 0 Å². The first-order valence-electron chi connectivity index (χ1n) is 10.5. The summed E-state index contributed by atoms with van der Waals surface area (Å²) in [5.74, 6) is 0.760. The largest absolute Gasteiger partial charge is 0.354 e. The summed E-state index contributed by atoms with van der Waals surface area (Å²) in [5, 5.41) is 6.98. The molecular weight excluding hydrogens is 477 g/mol. The van der Waals surface area contributed by atoms with Crippen LogP contribution in [0.3, 0.4) is 0 Å². The van der Waals surface area contributed by atoms with Gasteiger partial charge in [0, 0.05) is 45.3 Å². The van der Waals surface area contributed by atoms with Gasteiger partial charge in [-0.1, -0.05) is 37.3 Å². The van der Waals surface area contributed by atoms with Gasteiger partial charge in [0.15, 0.2) is 5.96 Å². The van der Waals surface area contributed by atoms with Crippen LogP contribution in [0.5, 0.6) is 0 Å². The van der Waals surface area contributed by atoms with Crippen molar-refractivity contribution in [3.63, 3.8) is 0 Å². The average molecular weight is 515 g/mol. The van der Waals surface area contributed by atoms with Gasteiger partial charge in [-0.25, -0.2) is 4.99 Å². The number of nitrogens with one attached hydrogen (secondary N) is 2. The molecule has 2 N–H and O–H groups in total. The fourth-order valence-electron chi connectivity index (χ4n) is 3.32. The van der Waals surface area contributed by atoms with Gasteiger partial charge in [0.25, 0.3) is 0 Å². The van der Waals surface area contributed by atoms with E-state index in [1.807, 2.05) is 0 Å². The van der Waals surface area contributed by atoms with Gasteiger partial charge in [0.05, 0.1) is 0 Å². The highest BCUT2D eigenvalue weighted by molar-refractivity contribution is 14.0. The third-order valence-corrected chi connectivity index (χ3v) is 5.57. The van der Waals surface area contributed by atoms with Crippen molar-refractivity contribution >= 4 is 35.8 Å². The first-order chi connectivity index (χ1) is 13.4. The summed E-state index contributed by atoms with van der Waals surface area (Å²) in [4.78, 5) is 20.5. The summed E-state index contributed by atoms with van der Waals surface area (Å²) >= 11 is 0. The first kappa shape index (κ1) is 25.7. The molecule has 0 saturated carbocycles. The molecule has 0 bridgehead atoms. The topological polar surface area (TPSA) is 60.0 Å². The summed E-state index contributed by atoms with van der Waals surface area (Å²) in [6.45, 7) is 8.84. The third-order valence-electron chi connectivity index (χ3n) is 5.57. The van der Waals surface area contributed by atoms with Crippen molar-refractivity contribution in [3.05, 3.63) is 35.9 Å². The molecule has 1 aliphatic rings. The lowest BCUT2D eigenvalue weighted by Crippen LogP contribution is -2.51. The molecule has 0 radical (unpaired) electrons. The Hall–Kier alpha value is -1.35. The molecule has 2 unspecified atom stereocenters. The molecular formula is C22H38IN5O. The van der Waals surface area contributed by atoms with Gasteiger partial charge in [-0.05, 0) is 38.7 Å². The molecule has 1 amide bonds. The van der Waals surface area contributed by atoms with Gasteiger partial charge >= 0.3 is 0 Å². The Morgan fingerprint density at radius 3 is 2.38 bits per heavy atom. The molecule has 2 atom stereocenters. The number of piperidine rings is 1. The number of rotatable bonds is 7. The van der Waals surface area contributed by atoms with Crippen molar-refractivity contribution in [2.75, 3.05) is 33.7 Å². The Bertz CT molecular complexity index is 629. The van der Waals surface area contributed by atoms with Crippen molar-refractivity contribution in [2.45, 2.75) is 58.2 Å². The van der Waals surface area contributed by atoms with Crippen molar-refractivity contribution in [3.8, 4) is 0 Å². The van der Waals surface area contributed by atoms with Gasteiger partial charge in [0.2, 0.25) is 5.91 Å². The standard InChI is InChI=1S/C22H37N5O.HI/c1-6-17(2)24-22(23-16-21(28)26(4)5)25-20-12-14-27(15-13-20)18(3)19-10-8-7-9-11-19;/h7-11,17-18,20H,6,12-16H2,1-5H3,(H2,23,24,25);1H. The zero-order chi connectivity index (χ0) is 20.5. The number of aliphatic imine (C=N–C) groups is 1. The van der Waals surface area contributed by atoms with E-state index in [9.17, 15) is 4.79 Å². The van der Waals surface area contributed by atoms with E-state index in [2.05, 4.69) is 71.6 Å². The van der Waals surface area contributed by atoms with Crippen molar-refractivity contribution in [2.24, 2.45) is 4.99 Å².